The van der Waals surface area contributed by atoms with E-state index in [0.29, 0.717) is 5.56 Å². The van der Waals surface area contributed by atoms with Gasteiger partial charge in [0.2, 0.25) is 0 Å². The molecule has 24 heavy (non-hydrogen) atoms. The van der Waals surface area contributed by atoms with Gasteiger partial charge >= 0.3 is 12.1 Å². The summed E-state index contributed by atoms with van der Waals surface area (Å²) in [6, 6.07) is 13.8. The number of hydrogen-bond acceptors (Lipinski definition) is 4. The maximum atomic E-state index is 11.5. The van der Waals surface area contributed by atoms with E-state index in [1.165, 1.54) is 12.1 Å². The Labute approximate surface area is 139 Å². The van der Waals surface area contributed by atoms with Crippen LogP contribution in [0.25, 0.3) is 0 Å². The molecule has 2 aromatic carbocycles. The highest BCUT2D eigenvalue weighted by atomic mass is 16.5. The standard InChI is InChI=1S/C18H16N2O4/c19-16-11-13(8-9-15(16)17(21)22)7-4-10-20-18(23)24-12-14-5-2-1-3-6-14/h1-3,5-6,8-9,11H,10,12,19H2,(H,20,23)(H,21,22). The van der Waals surface area contributed by atoms with Crippen LogP contribution in [0.5, 0.6) is 0 Å². The van der Waals surface area contributed by atoms with Gasteiger partial charge in [0.05, 0.1) is 12.1 Å². The third kappa shape index (κ3) is 5.07. The van der Waals surface area contributed by atoms with Crippen molar-refractivity contribution in [2.45, 2.75) is 6.61 Å². The predicted molar refractivity (Wildman–Crippen MR) is 89.3 cm³/mol. The molecule has 0 aliphatic rings. The molecule has 6 heteroatoms. The van der Waals surface area contributed by atoms with Gasteiger partial charge in [0, 0.05) is 11.3 Å². The smallest absolute Gasteiger partial charge is 0.408 e. The number of carboxylic acid groups (broad SMARTS) is 1. The van der Waals surface area contributed by atoms with Gasteiger partial charge in [-0.1, -0.05) is 42.2 Å². The van der Waals surface area contributed by atoms with Gasteiger partial charge in [-0.25, -0.2) is 9.59 Å². The van der Waals surface area contributed by atoms with Crippen molar-refractivity contribution >= 4 is 17.7 Å². The highest BCUT2D eigenvalue weighted by Crippen LogP contribution is 2.13. The summed E-state index contributed by atoms with van der Waals surface area (Å²) in [7, 11) is 0. The van der Waals surface area contributed by atoms with Gasteiger partial charge in [0.25, 0.3) is 0 Å². The Balaban J connectivity index is 1.80. The predicted octanol–water partition coefficient (Wildman–Crippen LogP) is 2.24. The van der Waals surface area contributed by atoms with Crippen molar-refractivity contribution in [2.75, 3.05) is 12.3 Å². The summed E-state index contributed by atoms with van der Waals surface area (Å²) < 4.78 is 5.04. The molecule has 0 atom stereocenters. The Morgan fingerprint density at radius 2 is 1.92 bits per heavy atom. The van der Waals surface area contributed by atoms with Gasteiger partial charge in [-0.3, -0.25) is 0 Å². The number of anilines is 1. The lowest BCUT2D eigenvalue weighted by Crippen LogP contribution is -2.24. The highest BCUT2D eigenvalue weighted by Gasteiger charge is 2.06. The summed E-state index contributed by atoms with van der Waals surface area (Å²) in [5.41, 5.74) is 7.27. The molecule has 0 fully saturated rings. The third-order valence-electron chi connectivity index (χ3n) is 3.05. The topological polar surface area (TPSA) is 102 Å². The normalized spacial score (nSPS) is 9.50. The number of ether oxygens (including phenoxy) is 1. The van der Waals surface area contributed by atoms with Crippen LogP contribution in [0.4, 0.5) is 10.5 Å². The summed E-state index contributed by atoms with van der Waals surface area (Å²) >= 11 is 0. The molecule has 0 unspecified atom stereocenters. The largest absolute Gasteiger partial charge is 0.478 e. The Morgan fingerprint density at radius 1 is 1.17 bits per heavy atom. The molecule has 1 amide bonds. The Kier molecular flexibility index (Phi) is 5.81. The maximum Gasteiger partial charge on any atom is 0.408 e. The fourth-order valence-electron chi connectivity index (χ4n) is 1.87. The average Bonchev–Trinajstić information content (AvgIpc) is 2.57. The van der Waals surface area contributed by atoms with E-state index in [0.717, 1.165) is 5.56 Å². The zero-order chi connectivity index (χ0) is 17.4. The Bertz CT molecular complexity index is 792. The van der Waals surface area contributed by atoms with Crippen LogP contribution in [0.3, 0.4) is 0 Å². The van der Waals surface area contributed by atoms with Crippen LogP contribution in [0.1, 0.15) is 21.5 Å². The quantitative estimate of drug-likeness (QED) is 0.591. The number of benzene rings is 2. The molecule has 122 valence electrons. The van der Waals surface area contributed by atoms with E-state index >= 15 is 0 Å². The number of alkyl carbamates (subject to hydrolysis) is 1. The maximum absolute atomic E-state index is 11.5. The molecular weight excluding hydrogens is 308 g/mol. The summed E-state index contributed by atoms with van der Waals surface area (Å²) in [5, 5.41) is 11.4. The molecule has 0 aromatic heterocycles. The molecule has 4 N–H and O–H groups in total. The summed E-state index contributed by atoms with van der Waals surface area (Å²) in [6.07, 6.45) is -0.561. The first-order chi connectivity index (χ1) is 11.6. The lowest BCUT2D eigenvalue weighted by molar-refractivity contribution is 0.0698. The highest BCUT2D eigenvalue weighted by molar-refractivity contribution is 5.93. The van der Waals surface area contributed by atoms with Gasteiger partial charge in [-0.2, -0.15) is 0 Å². The fourth-order valence-corrected chi connectivity index (χ4v) is 1.87. The molecule has 0 radical (unpaired) electrons. The first-order valence-corrected chi connectivity index (χ1v) is 7.12. The second-order valence-corrected chi connectivity index (χ2v) is 4.82. The molecule has 2 aromatic rings. The van der Waals surface area contributed by atoms with Gasteiger partial charge in [0.1, 0.15) is 6.61 Å². The van der Waals surface area contributed by atoms with Crippen LogP contribution in [-0.2, 0) is 11.3 Å². The van der Waals surface area contributed by atoms with Gasteiger partial charge in [-0.15, -0.1) is 0 Å². The van der Waals surface area contributed by atoms with Gasteiger partial charge in [0.15, 0.2) is 0 Å². The van der Waals surface area contributed by atoms with Crippen LogP contribution >= 0.6 is 0 Å². The van der Waals surface area contributed by atoms with E-state index in [9.17, 15) is 9.59 Å². The number of nitrogens with two attached hydrogens (primary N) is 1. The number of rotatable bonds is 4. The molecule has 0 aliphatic carbocycles. The van der Waals surface area contributed by atoms with Crippen molar-refractivity contribution in [3.8, 4) is 11.8 Å². The summed E-state index contributed by atoms with van der Waals surface area (Å²) in [4.78, 5) is 22.4. The van der Waals surface area contributed by atoms with Crippen molar-refractivity contribution < 1.29 is 19.4 Å². The number of hydrogen-bond donors (Lipinski definition) is 3. The van der Waals surface area contributed by atoms with Gasteiger partial charge in [-0.05, 0) is 23.8 Å². The van der Waals surface area contributed by atoms with Crippen molar-refractivity contribution in [1.82, 2.24) is 5.32 Å². The van der Waals surface area contributed by atoms with Crippen LogP contribution in [0, 0.1) is 11.8 Å². The lowest BCUT2D eigenvalue weighted by Gasteiger charge is -2.04. The fraction of sp³-hybridized carbons (Fsp3) is 0.111. The minimum atomic E-state index is -1.09. The zero-order valence-corrected chi connectivity index (χ0v) is 12.8. The molecule has 2 rings (SSSR count). The van der Waals surface area contributed by atoms with Crippen molar-refractivity contribution in [3.63, 3.8) is 0 Å². The van der Waals surface area contributed by atoms with Crippen molar-refractivity contribution in [3.05, 3.63) is 65.2 Å². The molecule has 6 nitrogen and oxygen atoms in total. The Hall–Kier alpha value is -3.46. The molecule has 0 heterocycles. The second kappa shape index (κ2) is 8.25. The first kappa shape index (κ1) is 16.9. The number of amides is 1. The first-order valence-electron chi connectivity index (χ1n) is 7.12. The zero-order valence-electron chi connectivity index (χ0n) is 12.8. The van der Waals surface area contributed by atoms with E-state index in [4.69, 9.17) is 15.6 Å². The Morgan fingerprint density at radius 3 is 2.58 bits per heavy atom. The molecule has 0 saturated heterocycles. The number of nitrogens with one attached hydrogen (secondary N) is 1. The van der Waals surface area contributed by atoms with E-state index in [-0.39, 0.29) is 24.4 Å². The minimum absolute atomic E-state index is 0.0307. The number of nitrogen functional groups attached to an aromatic ring is 1. The summed E-state index contributed by atoms with van der Waals surface area (Å²) in [5.74, 6) is 4.44. The van der Waals surface area contributed by atoms with Crippen molar-refractivity contribution in [2.24, 2.45) is 0 Å². The number of carboxylic acids is 1. The lowest BCUT2D eigenvalue weighted by atomic mass is 10.1. The van der Waals surface area contributed by atoms with Crippen molar-refractivity contribution in [1.29, 1.82) is 0 Å². The third-order valence-corrected chi connectivity index (χ3v) is 3.05. The van der Waals surface area contributed by atoms with E-state index < -0.39 is 12.1 Å². The molecular formula is C18H16N2O4. The van der Waals surface area contributed by atoms with Crippen LogP contribution in [0.2, 0.25) is 0 Å². The number of aromatic carboxylic acids is 1. The van der Waals surface area contributed by atoms with E-state index in [2.05, 4.69) is 17.2 Å². The van der Waals surface area contributed by atoms with Gasteiger partial charge < -0.3 is 20.9 Å². The number of carbonyl (C=O) groups is 2. The molecule has 0 aliphatic heterocycles. The molecule has 0 spiro atoms. The monoisotopic (exact) mass is 324 g/mol. The molecule has 0 bridgehead atoms. The van der Waals surface area contributed by atoms with Crippen LogP contribution < -0.4 is 11.1 Å². The minimum Gasteiger partial charge on any atom is -0.478 e. The van der Waals surface area contributed by atoms with E-state index in [1.807, 2.05) is 30.3 Å². The SMILES string of the molecule is Nc1cc(C#CCNC(=O)OCc2ccccc2)ccc1C(=O)O. The number of carbonyl (C=O) groups excluding carboxylic acids is 1. The summed E-state index contributed by atoms with van der Waals surface area (Å²) in [6.45, 7) is 0.293. The van der Waals surface area contributed by atoms with Crippen LogP contribution in [-0.4, -0.2) is 23.7 Å². The van der Waals surface area contributed by atoms with Crippen LogP contribution in [0.15, 0.2) is 48.5 Å². The average molecular weight is 324 g/mol. The molecule has 0 saturated carbocycles. The second-order valence-electron chi connectivity index (χ2n) is 4.82. The van der Waals surface area contributed by atoms with E-state index in [1.54, 1.807) is 6.07 Å².